The van der Waals surface area contributed by atoms with Crippen molar-refractivity contribution < 1.29 is 16.4 Å². The zero-order chi connectivity index (χ0) is 2.00. The predicted octanol–water partition coefficient (Wildman–Crippen LogP) is -2.70. The Kier molecular flexibility index (Phi) is 561. The fourth-order valence-corrected chi connectivity index (χ4v) is 0. The summed E-state index contributed by atoms with van der Waals surface area (Å²) in [4.78, 5) is 0. The third kappa shape index (κ3) is 43.1. The van der Waals surface area contributed by atoms with Crippen molar-refractivity contribution in [2.24, 2.45) is 0 Å². The van der Waals surface area contributed by atoms with Crippen molar-refractivity contribution in [2.45, 2.75) is 0 Å². The molecule has 0 fully saturated rings. The third-order valence-corrected chi connectivity index (χ3v) is 0. The van der Waals surface area contributed by atoms with Crippen LogP contribution in [0.4, 0.5) is 0 Å². The van der Waals surface area contributed by atoms with E-state index in [1.165, 1.54) is 0 Å². The number of rotatable bonds is 0. The molecule has 6 N–H and O–H groups in total. The summed E-state index contributed by atoms with van der Waals surface area (Å²) in [5.41, 5.74) is 0. The zero-order valence-corrected chi connectivity index (χ0v) is 9.34. The van der Waals surface area contributed by atoms with Gasteiger partial charge >= 0.3 is 31.8 Å². The first-order valence-corrected chi connectivity index (χ1v) is 7.61. The number of hydrogen-bond donors (Lipinski definition) is 0. The summed E-state index contributed by atoms with van der Waals surface area (Å²) in [6.45, 7) is 0. The zero-order valence-electron chi connectivity index (χ0n) is 2.88. The molecule has 0 heterocycles. The number of hydrogen-bond acceptors (Lipinski definition) is 0. The van der Waals surface area contributed by atoms with Gasteiger partial charge in [-0.1, -0.05) is 0 Å². The van der Waals surface area contributed by atoms with Crippen LogP contribution in [0.5, 0.6) is 0 Å². The van der Waals surface area contributed by atoms with E-state index in [9.17, 15) is 0 Å². The first-order chi connectivity index (χ1) is 1.00. The molecule has 0 aliphatic heterocycles. The van der Waals surface area contributed by atoms with E-state index in [-0.39, 0.29) is 16.4 Å². The molecule has 0 aromatic heterocycles. The Morgan fingerprint density at radius 2 is 0.800 bits per heavy atom. The van der Waals surface area contributed by atoms with Crippen molar-refractivity contribution in [1.29, 1.82) is 0 Å². The van der Waals surface area contributed by atoms with Gasteiger partial charge in [-0.05, 0) is 0 Å². The van der Waals surface area contributed by atoms with E-state index in [2.05, 4.69) is 0 Å². The second kappa shape index (κ2) is 76.0. The van der Waals surface area contributed by atoms with Gasteiger partial charge in [0.05, 0.1) is 0 Å². The fraction of sp³-hybridized carbons (Fsp3) is 0. The normalized spacial score (nSPS) is 1.00. The summed E-state index contributed by atoms with van der Waals surface area (Å²) < 4.78 is 0. The van der Waals surface area contributed by atoms with E-state index in [0.717, 1.165) is 0 Å². The summed E-state index contributed by atoms with van der Waals surface area (Å²) in [5, 5.41) is 0. The van der Waals surface area contributed by atoms with E-state index in [1.807, 2.05) is 0 Å². The Morgan fingerprint density at radius 3 is 0.800 bits per heavy atom. The van der Waals surface area contributed by atoms with E-state index in [1.54, 1.807) is 0 Å². The molecule has 0 unspecified atom stereocenters. The van der Waals surface area contributed by atoms with Crippen LogP contribution in [0.3, 0.4) is 0 Å². The van der Waals surface area contributed by atoms with Crippen molar-refractivity contribution in [3.63, 3.8) is 0 Å². The second-order valence-electron chi connectivity index (χ2n) is 0. The van der Waals surface area contributed by atoms with Crippen molar-refractivity contribution in [3.8, 4) is 0 Å². The van der Waals surface area contributed by atoms with Crippen LogP contribution in [0, 0.1) is 0 Å². The summed E-state index contributed by atoms with van der Waals surface area (Å²) in [6, 6.07) is 0. The van der Waals surface area contributed by atoms with Crippen LogP contribution in [0.25, 0.3) is 0 Å². The third-order valence-electron chi connectivity index (χ3n) is 0. The van der Waals surface area contributed by atoms with Crippen LogP contribution in [-0.2, 0) is 0 Å². The Bertz CT molecular complexity index is 6.85. The van der Waals surface area contributed by atoms with Gasteiger partial charge in [0.25, 0.3) is 0 Å². The molecule has 3 nitrogen and oxygen atoms in total. The Morgan fingerprint density at radius 1 is 0.800 bits per heavy atom. The predicted molar refractivity (Wildman–Crippen MR) is 25.2 cm³/mol. The summed E-state index contributed by atoms with van der Waals surface area (Å²) >= 11 is 0.422. The van der Waals surface area contributed by atoms with Crippen LogP contribution in [-0.4, -0.2) is 39.6 Å². The van der Waals surface area contributed by atoms with Gasteiger partial charge in [0.1, 0.15) is 0 Å². The van der Waals surface area contributed by atoms with Gasteiger partial charge in [0.2, 0.25) is 0 Å². The van der Waals surface area contributed by atoms with E-state index < -0.39 is 0 Å². The quantitative estimate of drug-likeness (QED) is 0.412. The molecule has 0 bridgehead atoms. The van der Waals surface area contributed by atoms with Gasteiger partial charge in [-0.25, -0.2) is 0 Å². The molecular weight excluding hydrogens is 198 g/mol. The van der Waals surface area contributed by atoms with Gasteiger partial charge in [0.15, 0.2) is 0 Å². The Balaban J connectivity index is -0.00000000167. The van der Waals surface area contributed by atoms with Crippen molar-refractivity contribution >= 4 is 31.8 Å². The van der Waals surface area contributed by atoms with E-state index >= 15 is 0 Å². The van der Waals surface area contributed by atoms with Gasteiger partial charge in [-0.3, -0.25) is 0 Å². The fourth-order valence-electron chi connectivity index (χ4n) is 0. The molecule has 0 atom stereocenters. The topological polar surface area (TPSA) is 94.5 Å². The van der Waals surface area contributed by atoms with Crippen molar-refractivity contribution in [3.05, 3.63) is 0 Å². The SMILES string of the molecule is O.O.O.[Cl][InH2]. The van der Waals surface area contributed by atoms with Gasteiger partial charge in [-0.2, -0.15) is 0 Å². The Labute approximate surface area is 48.4 Å². The van der Waals surface area contributed by atoms with Gasteiger partial charge < -0.3 is 16.4 Å². The molecule has 5 heteroatoms. The molecule has 5 heavy (non-hydrogen) atoms. The summed E-state index contributed by atoms with van der Waals surface area (Å²) in [7, 11) is 4.85. The maximum atomic E-state index is 4.85. The van der Waals surface area contributed by atoms with Crippen LogP contribution in [0.15, 0.2) is 0 Å². The maximum absolute atomic E-state index is 4.85. The van der Waals surface area contributed by atoms with Crippen LogP contribution < -0.4 is 0 Å². The molecule has 0 aromatic carbocycles. The molecule has 0 radical (unpaired) electrons. The van der Waals surface area contributed by atoms with Crippen LogP contribution in [0.1, 0.15) is 0 Å². The Hall–Kier alpha value is 1.04. The molecular formula is H8ClInO3. The average Bonchev–Trinajstić information content (AvgIpc) is 1.00. The van der Waals surface area contributed by atoms with Crippen molar-refractivity contribution in [2.75, 3.05) is 0 Å². The molecule has 0 rings (SSSR count). The summed E-state index contributed by atoms with van der Waals surface area (Å²) in [5.74, 6) is 0. The van der Waals surface area contributed by atoms with E-state index in [0.29, 0.717) is 23.2 Å². The molecule has 0 aliphatic carbocycles. The van der Waals surface area contributed by atoms with Gasteiger partial charge in [-0.15, -0.1) is 0 Å². The summed E-state index contributed by atoms with van der Waals surface area (Å²) in [6.07, 6.45) is 0. The molecule has 0 saturated heterocycles. The molecule has 0 amide bonds. The molecule has 0 aromatic rings. The molecule has 0 spiro atoms. The van der Waals surface area contributed by atoms with Crippen LogP contribution in [0.2, 0.25) is 0 Å². The van der Waals surface area contributed by atoms with Crippen molar-refractivity contribution in [1.82, 2.24) is 0 Å². The molecule has 0 saturated carbocycles. The van der Waals surface area contributed by atoms with Crippen LogP contribution >= 0.6 is 8.58 Å². The monoisotopic (exact) mass is 206 g/mol. The molecule has 0 aliphatic rings. The average molecular weight is 206 g/mol. The first kappa shape index (κ1) is 36.9. The number of halogens is 1. The van der Waals surface area contributed by atoms with Gasteiger partial charge in [0, 0.05) is 0 Å². The minimum atomic E-state index is 0. The first-order valence-electron chi connectivity index (χ1n) is 0.378. The molecule has 36 valence electrons. The van der Waals surface area contributed by atoms with E-state index in [4.69, 9.17) is 8.58 Å². The standard InChI is InChI=1S/ClH.In.3H2O.2H/h1H;;3*1H2;;/q;+1;;;;;/p-1. The second-order valence-corrected chi connectivity index (χ2v) is 0. The minimum absolute atomic E-state index is 0.